The van der Waals surface area contributed by atoms with Crippen molar-refractivity contribution >= 4 is 39.1 Å². The third-order valence-electron chi connectivity index (χ3n) is 2.80. The van der Waals surface area contributed by atoms with Gasteiger partial charge in [-0.3, -0.25) is 4.90 Å². The van der Waals surface area contributed by atoms with E-state index in [1.165, 1.54) is 0 Å². The van der Waals surface area contributed by atoms with Gasteiger partial charge in [0.05, 0.1) is 0 Å². The van der Waals surface area contributed by atoms with Gasteiger partial charge in [-0.25, -0.2) is 0 Å². The zero-order chi connectivity index (χ0) is 14.5. The van der Waals surface area contributed by atoms with Gasteiger partial charge in [-0.1, -0.05) is 57.3 Å². The minimum absolute atomic E-state index is 0.658. The summed E-state index contributed by atoms with van der Waals surface area (Å²) >= 11 is 15.5. The van der Waals surface area contributed by atoms with Crippen molar-refractivity contribution < 1.29 is 0 Å². The lowest BCUT2D eigenvalue weighted by Crippen LogP contribution is -2.15. The highest BCUT2D eigenvalue weighted by molar-refractivity contribution is 9.10. The first kappa shape index (κ1) is 15.8. The zero-order valence-electron chi connectivity index (χ0n) is 11.0. The minimum atomic E-state index is 0.658. The molecule has 0 aliphatic carbocycles. The van der Waals surface area contributed by atoms with Crippen LogP contribution in [-0.4, -0.2) is 11.9 Å². The van der Waals surface area contributed by atoms with Crippen LogP contribution < -0.4 is 0 Å². The predicted octanol–water partition coefficient (Wildman–Crippen LogP) is 5.60. The molecule has 0 fully saturated rings. The normalized spacial score (nSPS) is 11.1. The summed E-state index contributed by atoms with van der Waals surface area (Å²) in [6, 6.07) is 13.7. The molecule has 0 unspecified atom stereocenters. The van der Waals surface area contributed by atoms with Crippen LogP contribution >= 0.6 is 39.1 Å². The molecule has 0 bridgehead atoms. The van der Waals surface area contributed by atoms with Crippen molar-refractivity contribution in [3.63, 3.8) is 0 Å². The highest BCUT2D eigenvalue weighted by Gasteiger charge is 2.06. The Balaban J connectivity index is 1.90. The lowest BCUT2D eigenvalue weighted by Gasteiger charge is -2.17. The van der Waals surface area contributed by atoms with E-state index in [1.54, 1.807) is 6.07 Å². The molecule has 0 amide bonds. The largest absolute Gasteiger partial charge is 0.297 e. The molecule has 0 atom stereocenters. The molecule has 0 saturated heterocycles. The monoisotopic (exact) mass is 369 g/mol. The van der Waals surface area contributed by atoms with Gasteiger partial charge in [-0.2, -0.15) is 0 Å². The first-order valence-electron chi connectivity index (χ1n) is 6.12. The molecule has 2 radical (unpaired) electrons. The van der Waals surface area contributed by atoms with Gasteiger partial charge >= 0.3 is 0 Å². The lowest BCUT2D eigenvalue weighted by molar-refractivity contribution is 0.411. The molecule has 4 heteroatoms. The van der Waals surface area contributed by atoms with Gasteiger partial charge in [0.15, 0.2) is 0 Å². The Morgan fingerprint density at radius 1 is 1.15 bits per heavy atom. The molecule has 0 aromatic heterocycles. The predicted molar refractivity (Wildman–Crippen MR) is 89.8 cm³/mol. The average molecular weight is 371 g/mol. The van der Waals surface area contributed by atoms with Crippen LogP contribution in [0.25, 0.3) is 0 Å². The quantitative estimate of drug-likeness (QED) is 0.661. The van der Waals surface area contributed by atoms with Crippen molar-refractivity contribution in [1.82, 2.24) is 4.90 Å². The SMILES string of the molecule is CN([CH][CH]c1cccc(Br)c1)Cc1ccc(Cl)cc1Cl. The number of rotatable bonds is 5. The highest BCUT2D eigenvalue weighted by atomic mass is 79.9. The Morgan fingerprint density at radius 3 is 2.65 bits per heavy atom. The molecule has 20 heavy (non-hydrogen) atoms. The van der Waals surface area contributed by atoms with Gasteiger partial charge in [0, 0.05) is 34.0 Å². The molecule has 0 aliphatic heterocycles. The molecule has 104 valence electrons. The molecule has 2 aromatic rings. The van der Waals surface area contributed by atoms with Gasteiger partial charge < -0.3 is 0 Å². The smallest absolute Gasteiger partial charge is 0.0465 e. The summed E-state index contributed by atoms with van der Waals surface area (Å²) in [6.07, 6.45) is 2.06. The zero-order valence-corrected chi connectivity index (χ0v) is 14.1. The second kappa shape index (κ2) is 7.46. The van der Waals surface area contributed by atoms with Crippen molar-refractivity contribution in [3.8, 4) is 0 Å². The fraction of sp³-hybridized carbons (Fsp3) is 0.125. The van der Waals surface area contributed by atoms with Crippen molar-refractivity contribution in [1.29, 1.82) is 0 Å². The molecule has 0 aliphatic rings. The fourth-order valence-electron chi connectivity index (χ4n) is 1.79. The number of benzene rings is 2. The van der Waals surface area contributed by atoms with E-state index < -0.39 is 0 Å². The molecular formula is C16H14BrCl2N. The number of likely N-dealkylation sites (N-methyl/N-ethyl adjacent to an activating group) is 1. The third-order valence-corrected chi connectivity index (χ3v) is 3.89. The Morgan fingerprint density at radius 2 is 1.95 bits per heavy atom. The van der Waals surface area contributed by atoms with Gasteiger partial charge in [0.1, 0.15) is 0 Å². The van der Waals surface area contributed by atoms with Gasteiger partial charge in [-0.15, -0.1) is 0 Å². The molecule has 0 N–H and O–H groups in total. The van der Waals surface area contributed by atoms with Crippen LogP contribution in [0.1, 0.15) is 11.1 Å². The second-order valence-electron chi connectivity index (χ2n) is 4.52. The maximum Gasteiger partial charge on any atom is 0.0465 e. The topological polar surface area (TPSA) is 3.24 Å². The van der Waals surface area contributed by atoms with Crippen LogP contribution in [0.5, 0.6) is 0 Å². The summed E-state index contributed by atoms with van der Waals surface area (Å²) < 4.78 is 1.07. The molecule has 0 spiro atoms. The first-order valence-corrected chi connectivity index (χ1v) is 7.67. The van der Waals surface area contributed by atoms with E-state index in [4.69, 9.17) is 23.2 Å². The van der Waals surface area contributed by atoms with Crippen molar-refractivity contribution in [3.05, 3.63) is 81.1 Å². The Kier molecular flexibility index (Phi) is 5.91. The van der Waals surface area contributed by atoms with Crippen LogP contribution in [-0.2, 0) is 6.54 Å². The lowest BCUT2D eigenvalue weighted by atomic mass is 10.1. The maximum absolute atomic E-state index is 6.17. The highest BCUT2D eigenvalue weighted by Crippen LogP contribution is 2.22. The molecule has 1 nitrogen and oxygen atoms in total. The molecule has 2 aromatic carbocycles. The first-order chi connectivity index (χ1) is 9.54. The van der Waals surface area contributed by atoms with E-state index >= 15 is 0 Å². The van der Waals surface area contributed by atoms with Crippen molar-refractivity contribution in [2.24, 2.45) is 0 Å². The van der Waals surface area contributed by atoms with Crippen LogP contribution in [0.3, 0.4) is 0 Å². The van der Waals surface area contributed by atoms with E-state index in [0.717, 1.165) is 22.1 Å². The summed E-state index contributed by atoms with van der Waals surface area (Å²) in [5.41, 5.74) is 2.20. The molecule has 0 saturated carbocycles. The third kappa shape index (κ3) is 4.78. The number of nitrogens with zero attached hydrogens (tertiary/aromatic N) is 1. The standard InChI is InChI=1S/C16H14BrCl2N/c1-20(8-7-12-3-2-4-14(17)9-12)11-13-5-6-15(18)10-16(13)19/h2-10H,11H2,1H3. The maximum atomic E-state index is 6.17. The van der Waals surface area contributed by atoms with Gasteiger partial charge in [0.25, 0.3) is 0 Å². The van der Waals surface area contributed by atoms with E-state index in [1.807, 2.05) is 37.9 Å². The summed E-state index contributed by atoms with van der Waals surface area (Å²) in [7, 11) is 2.01. The summed E-state index contributed by atoms with van der Waals surface area (Å²) in [6.45, 7) is 2.77. The van der Waals surface area contributed by atoms with Crippen LogP contribution in [0, 0.1) is 13.0 Å². The van der Waals surface area contributed by atoms with E-state index in [9.17, 15) is 0 Å². The summed E-state index contributed by atoms with van der Waals surface area (Å²) in [4.78, 5) is 2.08. The molecule has 2 rings (SSSR count). The Labute approximate surface area is 138 Å². The Hall–Kier alpha value is -0.540. The molecule has 0 heterocycles. The minimum Gasteiger partial charge on any atom is -0.297 e. The van der Waals surface area contributed by atoms with Crippen molar-refractivity contribution in [2.45, 2.75) is 6.54 Å². The summed E-state index contributed by atoms with van der Waals surface area (Å²) in [5, 5.41) is 1.35. The number of hydrogen-bond donors (Lipinski definition) is 0. The van der Waals surface area contributed by atoms with E-state index in [2.05, 4.69) is 39.4 Å². The number of halogens is 3. The van der Waals surface area contributed by atoms with Gasteiger partial charge in [-0.05, 0) is 42.4 Å². The average Bonchev–Trinajstić information content (AvgIpc) is 2.40. The van der Waals surface area contributed by atoms with Crippen LogP contribution in [0.15, 0.2) is 46.9 Å². The fourth-order valence-corrected chi connectivity index (χ4v) is 2.68. The second-order valence-corrected chi connectivity index (χ2v) is 6.28. The molecular weight excluding hydrogens is 357 g/mol. The van der Waals surface area contributed by atoms with Crippen LogP contribution in [0.4, 0.5) is 0 Å². The number of hydrogen-bond acceptors (Lipinski definition) is 1. The van der Waals surface area contributed by atoms with Crippen LogP contribution in [0.2, 0.25) is 10.0 Å². The van der Waals surface area contributed by atoms with E-state index in [0.29, 0.717) is 10.0 Å². The van der Waals surface area contributed by atoms with Gasteiger partial charge in [0.2, 0.25) is 0 Å². The Bertz CT molecular complexity index is 586. The van der Waals surface area contributed by atoms with Crippen molar-refractivity contribution in [2.75, 3.05) is 7.05 Å². The summed E-state index contributed by atoms with van der Waals surface area (Å²) in [5.74, 6) is 0. The van der Waals surface area contributed by atoms with E-state index in [-0.39, 0.29) is 0 Å².